The average molecular weight is 255 g/mol. The zero-order chi connectivity index (χ0) is 13.2. The van der Waals surface area contributed by atoms with E-state index in [4.69, 9.17) is 5.73 Å². The molecule has 4 nitrogen and oxygen atoms in total. The summed E-state index contributed by atoms with van der Waals surface area (Å²) in [7, 11) is 0. The van der Waals surface area contributed by atoms with Gasteiger partial charge in [0, 0.05) is 11.8 Å². The number of nitrogens with zero attached hydrogens (tertiary/aromatic N) is 2. The molecule has 1 aromatic heterocycles. The van der Waals surface area contributed by atoms with Gasteiger partial charge in [0.1, 0.15) is 11.6 Å². The minimum absolute atomic E-state index is 0.238. The molecule has 18 heavy (non-hydrogen) atoms. The van der Waals surface area contributed by atoms with Crippen LogP contribution in [0.3, 0.4) is 0 Å². The number of nitrogens with two attached hydrogens (primary N) is 1. The zero-order valence-electron chi connectivity index (χ0n) is 8.98. The molecule has 2 N–H and O–H groups in total. The second-order valence-electron chi connectivity index (χ2n) is 3.38. The van der Waals surface area contributed by atoms with Crippen LogP contribution in [0.5, 0.6) is 5.75 Å². The van der Waals surface area contributed by atoms with Crippen LogP contribution < -0.4 is 10.5 Å². The topological polar surface area (TPSA) is 61.0 Å². The van der Waals surface area contributed by atoms with Gasteiger partial charge in [-0.15, -0.1) is 13.2 Å². The van der Waals surface area contributed by atoms with Gasteiger partial charge in [-0.25, -0.2) is 9.97 Å². The van der Waals surface area contributed by atoms with E-state index in [1.54, 1.807) is 6.07 Å². The Bertz CT molecular complexity index is 557. The number of hydrogen-bond donors (Lipinski definition) is 1. The summed E-state index contributed by atoms with van der Waals surface area (Å²) in [5.41, 5.74) is 5.87. The Balaban J connectivity index is 2.33. The molecule has 0 radical (unpaired) electrons. The summed E-state index contributed by atoms with van der Waals surface area (Å²) in [6.45, 7) is 0. The molecule has 0 aliphatic carbocycles. The largest absolute Gasteiger partial charge is 0.573 e. The molecular formula is C11H8F3N3O. The first kappa shape index (κ1) is 12.2. The highest BCUT2D eigenvalue weighted by molar-refractivity contribution is 5.58. The summed E-state index contributed by atoms with van der Waals surface area (Å²) < 4.78 is 40.0. The highest BCUT2D eigenvalue weighted by atomic mass is 19.4. The molecule has 0 fully saturated rings. The fourth-order valence-corrected chi connectivity index (χ4v) is 1.34. The van der Waals surface area contributed by atoms with E-state index < -0.39 is 6.36 Å². The molecule has 1 aromatic carbocycles. The summed E-state index contributed by atoms with van der Waals surface area (Å²) in [6.07, 6.45) is -3.30. The highest BCUT2D eigenvalue weighted by Crippen LogP contribution is 2.26. The van der Waals surface area contributed by atoms with Gasteiger partial charge in [-0.2, -0.15) is 0 Å². The molecule has 94 valence electrons. The number of rotatable bonds is 2. The van der Waals surface area contributed by atoms with E-state index >= 15 is 0 Å². The summed E-state index contributed by atoms with van der Waals surface area (Å²) in [6, 6.07) is 6.87. The fraction of sp³-hybridized carbons (Fsp3) is 0.0909. The Hall–Kier alpha value is -2.31. The first-order chi connectivity index (χ1) is 8.44. The number of hydrogen-bond acceptors (Lipinski definition) is 4. The van der Waals surface area contributed by atoms with Crippen LogP contribution in [-0.4, -0.2) is 16.3 Å². The van der Waals surface area contributed by atoms with Crippen LogP contribution in [0.4, 0.5) is 19.0 Å². The van der Waals surface area contributed by atoms with E-state index in [1.807, 2.05) is 0 Å². The average Bonchev–Trinajstić information content (AvgIpc) is 2.27. The van der Waals surface area contributed by atoms with Crippen molar-refractivity contribution in [3.63, 3.8) is 0 Å². The lowest BCUT2D eigenvalue weighted by Crippen LogP contribution is -2.17. The number of alkyl halides is 3. The zero-order valence-corrected chi connectivity index (χ0v) is 8.98. The quantitative estimate of drug-likeness (QED) is 0.896. The van der Waals surface area contributed by atoms with E-state index in [9.17, 15) is 13.2 Å². The second kappa shape index (κ2) is 4.52. The molecule has 0 spiro atoms. The molecule has 2 rings (SSSR count). The lowest BCUT2D eigenvalue weighted by Gasteiger charge is -2.09. The minimum Gasteiger partial charge on any atom is -0.406 e. The van der Waals surface area contributed by atoms with E-state index in [1.165, 1.54) is 30.5 Å². The summed E-state index contributed by atoms with van der Waals surface area (Å²) in [5, 5.41) is 0. The lowest BCUT2D eigenvalue weighted by atomic mass is 10.2. The molecule has 0 atom stereocenters. The maximum absolute atomic E-state index is 12.1. The Morgan fingerprint density at radius 1 is 1.17 bits per heavy atom. The summed E-state index contributed by atoms with van der Waals surface area (Å²) in [4.78, 5) is 7.83. The van der Waals surface area contributed by atoms with Crippen molar-refractivity contribution in [2.45, 2.75) is 6.36 Å². The third kappa shape index (κ3) is 3.09. The molecule has 7 heteroatoms. The van der Waals surface area contributed by atoms with Gasteiger partial charge in [0.05, 0.1) is 0 Å². The molecule has 0 saturated carbocycles. The number of ether oxygens (including phenoxy) is 1. The van der Waals surface area contributed by atoms with Gasteiger partial charge >= 0.3 is 6.36 Å². The number of anilines is 1. The van der Waals surface area contributed by atoms with E-state index in [-0.39, 0.29) is 17.4 Å². The monoisotopic (exact) mass is 255 g/mol. The molecule has 0 saturated heterocycles. The number of aromatic nitrogens is 2. The van der Waals surface area contributed by atoms with Gasteiger partial charge in [-0.1, -0.05) is 12.1 Å². The SMILES string of the molecule is Nc1ccnc(-c2cccc(OC(F)(F)F)c2)n1. The van der Waals surface area contributed by atoms with Gasteiger partial charge < -0.3 is 10.5 Å². The maximum atomic E-state index is 12.1. The molecular weight excluding hydrogens is 247 g/mol. The van der Waals surface area contributed by atoms with Crippen LogP contribution in [0.1, 0.15) is 0 Å². The molecule has 0 aliphatic rings. The predicted octanol–water partition coefficient (Wildman–Crippen LogP) is 2.62. The second-order valence-corrected chi connectivity index (χ2v) is 3.38. The van der Waals surface area contributed by atoms with E-state index in [2.05, 4.69) is 14.7 Å². The molecule has 1 heterocycles. The third-order valence-corrected chi connectivity index (χ3v) is 2.00. The predicted molar refractivity (Wildman–Crippen MR) is 58.6 cm³/mol. The van der Waals surface area contributed by atoms with Crippen molar-refractivity contribution in [3.8, 4) is 17.1 Å². The van der Waals surface area contributed by atoms with Gasteiger partial charge in [-0.05, 0) is 18.2 Å². The normalized spacial score (nSPS) is 11.3. The van der Waals surface area contributed by atoms with Crippen LogP contribution >= 0.6 is 0 Å². The number of halogens is 3. The van der Waals surface area contributed by atoms with Gasteiger partial charge in [0.15, 0.2) is 5.82 Å². The summed E-state index contributed by atoms with van der Waals surface area (Å²) >= 11 is 0. The Morgan fingerprint density at radius 3 is 2.61 bits per heavy atom. The van der Waals surface area contributed by atoms with Crippen molar-refractivity contribution >= 4 is 5.82 Å². The first-order valence-corrected chi connectivity index (χ1v) is 4.89. The van der Waals surface area contributed by atoms with Crippen molar-refractivity contribution in [2.75, 3.05) is 5.73 Å². The Kier molecular flexibility index (Phi) is 3.05. The lowest BCUT2D eigenvalue weighted by molar-refractivity contribution is -0.274. The van der Waals surface area contributed by atoms with Crippen molar-refractivity contribution < 1.29 is 17.9 Å². The minimum atomic E-state index is -4.73. The standard InChI is InChI=1S/C11H8F3N3O/c12-11(13,14)18-8-3-1-2-7(6-8)10-16-5-4-9(15)17-10/h1-6H,(H2,15,16,17). The number of nitrogen functional groups attached to an aromatic ring is 1. The maximum Gasteiger partial charge on any atom is 0.573 e. The molecule has 2 aromatic rings. The van der Waals surface area contributed by atoms with Crippen molar-refractivity contribution in [3.05, 3.63) is 36.5 Å². The fourth-order valence-electron chi connectivity index (χ4n) is 1.34. The Labute approximate surface area is 100 Å². The molecule has 0 unspecified atom stereocenters. The van der Waals surface area contributed by atoms with Crippen LogP contribution in [0.25, 0.3) is 11.4 Å². The first-order valence-electron chi connectivity index (χ1n) is 4.89. The van der Waals surface area contributed by atoms with Crippen molar-refractivity contribution in [2.24, 2.45) is 0 Å². The van der Waals surface area contributed by atoms with Crippen molar-refractivity contribution in [1.29, 1.82) is 0 Å². The van der Waals surface area contributed by atoms with Gasteiger partial charge in [0.2, 0.25) is 0 Å². The molecule has 0 aliphatic heterocycles. The highest BCUT2D eigenvalue weighted by Gasteiger charge is 2.31. The van der Waals surface area contributed by atoms with Crippen LogP contribution in [0.15, 0.2) is 36.5 Å². The number of benzene rings is 1. The molecule has 0 bridgehead atoms. The van der Waals surface area contributed by atoms with Gasteiger partial charge in [-0.3, -0.25) is 0 Å². The van der Waals surface area contributed by atoms with Crippen LogP contribution in [0.2, 0.25) is 0 Å². The smallest absolute Gasteiger partial charge is 0.406 e. The van der Waals surface area contributed by atoms with E-state index in [0.717, 1.165) is 0 Å². The van der Waals surface area contributed by atoms with Crippen molar-refractivity contribution in [1.82, 2.24) is 9.97 Å². The van der Waals surface area contributed by atoms with E-state index in [0.29, 0.717) is 5.56 Å². The summed E-state index contributed by atoms with van der Waals surface area (Å²) in [5.74, 6) is 0.149. The molecule has 0 amide bonds. The third-order valence-electron chi connectivity index (χ3n) is 2.00. The van der Waals surface area contributed by atoms with Crippen LogP contribution in [0, 0.1) is 0 Å². The van der Waals surface area contributed by atoms with Gasteiger partial charge in [0.25, 0.3) is 0 Å². The Morgan fingerprint density at radius 2 is 1.94 bits per heavy atom. The van der Waals surface area contributed by atoms with Crippen LogP contribution in [-0.2, 0) is 0 Å².